The Morgan fingerprint density at radius 1 is 1.15 bits per heavy atom. The highest BCUT2D eigenvalue weighted by atomic mass is 127. The molecular weight excluding hydrogens is 292 g/mol. The molecule has 0 saturated heterocycles. The van der Waals surface area contributed by atoms with Crippen molar-refractivity contribution in [1.82, 2.24) is 0 Å². The summed E-state index contributed by atoms with van der Waals surface area (Å²) >= 11 is 1.81. The van der Waals surface area contributed by atoms with Gasteiger partial charge < -0.3 is 0 Å². The third-order valence-electron chi connectivity index (χ3n) is 1.57. The van der Waals surface area contributed by atoms with E-state index in [2.05, 4.69) is 0 Å². The van der Waals surface area contributed by atoms with Crippen LogP contribution in [0.4, 0.5) is 13.2 Å². The lowest BCUT2D eigenvalue weighted by atomic mass is 10.1. The van der Waals surface area contributed by atoms with Gasteiger partial charge in [0.15, 0.2) is 0 Å². The topological polar surface area (TPSA) is 0 Å². The fourth-order valence-corrected chi connectivity index (χ4v) is 1.90. The van der Waals surface area contributed by atoms with E-state index in [1.54, 1.807) is 30.3 Å². The maximum Gasteiger partial charge on any atom is 0.390 e. The lowest BCUT2D eigenvalue weighted by Crippen LogP contribution is -2.10. The van der Waals surface area contributed by atoms with Crippen LogP contribution in [-0.4, -0.2) is 6.18 Å². The monoisotopic (exact) mass is 300 g/mol. The van der Waals surface area contributed by atoms with Gasteiger partial charge in [0, 0.05) is 3.92 Å². The molecule has 0 spiro atoms. The number of hydrogen-bond acceptors (Lipinski definition) is 0. The van der Waals surface area contributed by atoms with Crippen LogP contribution in [0.1, 0.15) is 15.9 Å². The Bertz CT molecular complexity index is 255. The van der Waals surface area contributed by atoms with Crippen LogP contribution < -0.4 is 0 Å². The van der Waals surface area contributed by atoms with Gasteiger partial charge >= 0.3 is 6.18 Å². The lowest BCUT2D eigenvalue weighted by Gasteiger charge is -2.12. The minimum Gasteiger partial charge on any atom is -0.171 e. The number of hydrogen-bond donors (Lipinski definition) is 0. The molecule has 0 aliphatic carbocycles. The van der Waals surface area contributed by atoms with Crippen LogP contribution >= 0.6 is 22.6 Å². The molecule has 1 unspecified atom stereocenters. The Balaban J connectivity index is 2.64. The number of rotatable bonds is 2. The van der Waals surface area contributed by atoms with Gasteiger partial charge in [0.05, 0.1) is 6.42 Å². The Morgan fingerprint density at radius 3 is 2.15 bits per heavy atom. The Morgan fingerprint density at radius 2 is 1.69 bits per heavy atom. The SMILES string of the molecule is FC(F)(F)CC(I)c1ccccc1. The Hall–Kier alpha value is -0.260. The van der Waals surface area contributed by atoms with Crippen molar-refractivity contribution in [2.24, 2.45) is 0 Å². The van der Waals surface area contributed by atoms with Gasteiger partial charge in [0.25, 0.3) is 0 Å². The molecule has 0 fully saturated rings. The first kappa shape index (κ1) is 10.8. The van der Waals surface area contributed by atoms with E-state index < -0.39 is 16.5 Å². The van der Waals surface area contributed by atoms with Gasteiger partial charge in [0.2, 0.25) is 0 Å². The molecule has 0 amide bonds. The molecule has 0 nitrogen and oxygen atoms in total. The summed E-state index contributed by atoms with van der Waals surface area (Å²) in [5, 5.41) is 0. The first-order valence-electron chi connectivity index (χ1n) is 3.75. The van der Waals surface area contributed by atoms with Gasteiger partial charge in [-0.1, -0.05) is 52.9 Å². The normalized spacial score (nSPS) is 14.2. The van der Waals surface area contributed by atoms with E-state index in [-0.39, 0.29) is 0 Å². The van der Waals surface area contributed by atoms with Gasteiger partial charge in [-0.05, 0) is 5.56 Å². The van der Waals surface area contributed by atoms with Gasteiger partial charge in [-0.25, -0.2) is 0 Å². The largest absolute Gasteiger partial charge is 0.390 e. The molecule has 0 aliphatic heterocycles. The fourth-order valence-electron chi connectivity index (χ4n) is 0.983. The molecule has 0 aromatic heterocycles. The second kappa shape index (κ2) is 4.30. The molecule has 1 aromatic carbocycles. The van der Waals surface area contributed by atoms with Crippen LogP contribution in [0.15, 0.2) is 30.3 Å². The summed E-state index contributed by atoms with van der Waals surface area (Å²) in [6.45, 7) is 0. The van der Waals surface area contributed by atoms with Crippen molar-refractivity contribution in [1.29, 1.82) is 0 Å². The first-order valence-corrected chi connectivity index (χ1v) is 4.99. The van der Waals surface area contributed by atoms with E-state index in [0.29, 0.717) is 0 Å². The highest BCUT2D eigenvalue weighted by molar-refractivity contribution is 14.1. The molecule has 0 saturated carbocycles. The van der Waals surface area contributed by atoms with Gasteiger partial charge in [-0.15, -0.1) is 0 Å². The van der Waals surface area contributed by atoms with Crippen molar-refractivity contribution in [3.8, 4) is 0 Å². The Kier molecular flexibility index (Phi) is 3.58. The van der Waals surface area contributed by atoms with E-state index in [4.69, 9.17) is 0 Å². The van der Waals surface area contributed by atoms with Crippen LogP contribution in [0.5, 0.6) is 0 Å². The average Bonchev–Trinajstić information content (AvgIpc) is 2.03. The third-order valence-corrected chi connectivity index (χ3v) is 2.73. The van der Waals surface area contributed by atoms with Crippen molar-refractivity contribution in [3.05, 3.63) is 35.9 Å². The van der Waals surface area contributed by atoms with Gasteiger partial charge in [0.1, 0.15) is 0 Å². The second-order valence-electron chi connectivity index (χ2n) is 2.70. The zero-order chi connectivity index (χ0) is 9.90. The molecular formula is C9H8F3I. The predicted molar refractivity (Wildman–Crippen MR) is 53.9 cm³/mol. The molecule has 1 rings (SSSR count). The van der Waals surface area contributed by atoms with Crippen molar-refractivity contribution in [3.63, 3.8) is 0 Å². The smallest absolute Gasteiger partial charge is 0.171 e. The summed E-state index contributed by atoms with van der Waals surface area (Å²) < 4.78 is 35.5. The molecule has 72 valence electrons. The van der Waals surface area contributed by atoms with E-state index in [9.17, 15) is 13.2 Å². The molecule has 4 heteroatoms. The second-order valence-corrected chi connectivity index (χ2v) is 4.20. The lowest BCUT2D eigenvalue weighted by molar-refractivity contribution is -0.133. The standard InChI is InChI=1S/C9H8F3I/c10-9(11,12)6-8(13)7-4-2-1-3-5-7/h1-5,8H,6H2. The minimum atomic E-state index is -4.08. The minimum absolute atomic E-state index is 0.487. The molecule has 1 aromatic rings. The summed E-state index contributed by atoms with van der Waals surface area (Å²) in [7, 11) is 0. The maximum absolute atomic E-state index is 12.0. The summed E-state index contributed by atoms with van der Waals surface area (Å²) in [5.74, 6) is 0. The number of halogens is 4. The quantitative estimate of drug-likeness (QED) is 0.569. The van der Waals surface area contributed by atoms with E-state index >= 15 is 0 Å². The zero-order valence-electron chi connectivity index (χ0n) is 6.68. The van der Waals surface area contributed by atoms with Crippen LogP contribution in [0.2, 0.25) is 0 Å². The molecule has 0 N–H and O–H groups in total. The predicted octanol–water partition coefficient (Wildman–Crippen LogP) is 4.12. The highest BCUT2D eigenvalue weighted by Gasteiger charge is 2.31. The number of alkyl halides is 4. The molecule has 0 aliphatic rings. The molecule has 1 atom stereocenters. The average molecular weight is 300 g/mol. The van der Waals surface area contributed by atoms with E-state index in [0.717, 1.165) is 5.56 Å². The summed E-state index contributed by atoms with van der Waals surface area (Å²) in [6.07, 6.45) is -4.85. The van der Waals surface area contributed by atoms with Crippen molar-refractivity contribution < 1.29 is 13.2 Å². The van der Waals surface area contributed by atoms with Gasteiger partial charge in [-0.3, -0.25) is 0 Å². The summed E-state index contributed by atoms with van der Waals surface area (Å²) in [4.78, 5) is 0. The fraction of sp³-hybridized carbons (Fsp3) is 0.333. The van der Waals surface area contributed by atoms with Crippen molar-refractivity contribution in [2.75, 3.05) is 0 Å². The van der Waals surface area contributed by atoms with Crippen LogP contribution in [-0.2, 0) is 0 Å². The maximum atomic E-state index is 12.0. The first-order chi connectivity index (χ1) is 5.99. The van der Waals surface area contributed by atoms with E-state index in [1.165, 1.54) is 0 Å². The molecule has 0 bridgehead atoms. The summed E-state index contributed by atoms with van der Waals surface area (Å²) in [5.41, 5.74) is 0.723. The molecule has 0 radical (unpaired) electrons. The zero-order valence-corrected chi connectivity index (χ0v) is 8.84. The van der Waals surface area contributed by atoms with Crippen LogP contribution in [0.3, 0.4) is 0 Å². The van der Waals surface area contributed by atoms with Gasteiger partial charge in [-0.2, -0.15) is 13.2 Å². The third kappa shape index (κ3) is 3.97. The Labute approximate surface area is 88.3 Å². The van der Waals surface area contributed by atoms with Crippen LogP contribution in [0, 0.1) is 0 Å². The van der Waals surface area contributed by atoms with Crippen LogP contribution in [0.25, 0.3) is 0 Å². The number of benzene rings is 1. The van der Waals surface area contributed by atoms with Crippen molar-refractivity contribution >= 4 is 22.6 Å². The summed E-state index contributed by atoms with van der Waals surface area (Å²) in [6, 6.07) is 8.71. The molecule has 0 heterocycles. The highest BCUT2D eigenvalue weighted by Crippen LogP contribution is 2.35. The van der Waals surface area contributed by atoms with Crippen molar-refractivity contribution in [2.45, 2.75) is 16.5 Å². The van der Waals surface area contributed by atoms with E-state index in [1.807, 2.05) is 22.6 Å². The molecule has 13 heavy (non-hydrogen) atoms.